The summed E-state index contributed by atoms with van der Waals surface area (Å²) in [5.41, 5.74) is 5.71. The average Bonchev–Trinajstić information content (AvgIpc) is 2.66. The highest BCUT2D eigenvalue weighted by Crippen LogP contribution is 2.75. The molecule has 0 heterocycles. The van der Waals surface area contributed by atoms with Gasteiger partial charge in [-0.2, -0.15) is 0 Å². The Labute approximate surface area is 180 Å². The number of fused-ring (bicyclic) bond motifs is 6. The van der Waals surface area contributed by atoms with Crippen LogP contribution >= 0.6 is 0 Å². The Balaban J connectivity index is 1.59. The van der Waals surface area contributed by atoms with Crippen molar-refractivity contribution in [3.05, 3.63) is 11.1 Å². The molecular formula is C28H46O. The minimum atomic E-state index is -0.112. The lowest BCUT2D eigenvalue weighted by molar-refractivity contribution is -0.204. The third-order valence-electron chi connectivity index (χ3n) is 12.3. The molecule has 0 aromatic carbocycles. The molecule has 0 radical (unpaired) electrons. The zero-order valence-electron chi connectivity index (χ0n) is 20.2. The first-order valence-electron chi connectivity index (χ1n) is 12.9. The van der Waals surface area contributed by atoms with E-state index in [1.165, 1.54) is 70.6 Å². The topological polar surface area (TPSA) is 20.2 Å². The van der Waals surface area contributed by atoms with Crippen molar-refractivity contribution in [2.75, 3.05) is 0 Å². The molecule has 0 unspecified atom stereocenters. The summed E-state index contributed by atoms with van der Waals surface area (Å²) in [6.07, 6.45) is 16.1. The molecule has 0 spiro atoms. The SMILES string of the molecule is CC1(C)[C@@H](O)CC[C@]2(C)[C@H]3CCC4=C5CCCC[C@]5(C)CC[C@@]4(C)[C@]3(C)CC[C@@H]12. The van der Waals surface area contributed by atoms with Gasteiger partial charge in [0.05, 0.1) is 6.10 Å². The lowest BCUT2D eigenvalue weighted by atomic mass is 9.34. The lowest BCUT2D eigenvalue weighted by Crippen LogP contribution is -2.63. The van der Waals surface area contributed by atoms with Crippen molar-refractivity contribution in [2.24, 2.45) is 38.9 Å². The van der Waals surface area contributed by atoms with Crippen LogP contribution in [0.2, 0.25) is 0 Å². The molecule has 5 aliphatic carbocycles. The highest BCUT2D eigenvalue weighted by atomic mass is 16.3. The quantitative estimate of drug-likeness (QED) is 0.415. The summed E-state index contributed by atoms with van der Waals surface area (Å²) >= 11 is 0. The Morgan fingerprint density at radius 3 is 2.21 bits per heavy atom. The number of hydrogen-bond acceptors (Lipinski definition) is 1. The van der Waals surface area contributed by atoms with Crippen molar-refractivity contribution in [2.45, 2.75) is 125 Å². The molecule has 0 aliphatic heterocycles. The lowest BCUT2D eigenvalue weighted by Gasteiger charge is -2.70. The maximum atomic E-state index is 10.8. The van der Waals surface area contributed by atoms with Gasteiger partial charge < -0.3 is 5.11 Å². The second-order valence-corrected chi connectivity index (χ2v) is 13.5. The van der Waals surface area contributed by atoms with E-state index in [0.717, 1.165) is 12.3 Å². The summed E-state index contributed by atoms with van der Waals surface area (Å²) in [5.74, 6) is 1.50. The molecule has 7 atom stereocenters. The van der Waals surface area contributed by atoms with E-state index < -0.39 is 0 Å². The standard InChI is InChI=1S/C28H46O/c1-24(2)21-12-16-28(6)22(26(21,4)15-13-23(24)29)11-10-20-19-9-7-8-14-25(19,3)17-18-27(20,28)5/h21-23,29H,7-18H2,1-6H3/t21-,22+,23-,25+,26-,27+,28+/m0/s1. The van der Waals surface area contributed by atoms with Crippen LogP contribution in [-0.2, 0) is 0 Å². The molecule has 4 saturated carbocycles. The van der Waals surface area contributed by atoms with Crippen molar-refractivity contribution in [3.63, 3.8) is 0 Å². The molecular weight excluding hydrogens is 352 g/mol. The number of hydrogen-bond donors (Lipinski definition) is 1. The van der Waals surface area contributed by atoms with Gasteiger partial charge in [-0.25, -0.2) is 0 Å². The first kappa shape index (κ1) is 20.6. The number of aliphatic hydroxyl groups is 1. The number of aliphatic hydroxyl groups excluding tert-OH is 1. The van der Waals surface area contributed by atoms with E-state index in [0.29, 0.717) is 27.6 Å². The Morgan fingerprint density at radius 1 is 0.690 bits per heavy atom. The van der Waals surface area contributed by atoms with E-state index in [-0.39, 0.29) is 11.5 Å². The van der Waals surface area contributed by atoms with E-state index in [9.17, 15) is 5.11 Å². The highest BCUT2D eigenvalue weighted by Gasteiger charge is 2.67. The van der Waals surface area contributed by atoms with Crippen LogP contribution in [0, 0.1) is 38.9 Å². The van der Waals surface area contributed by atoms with Gasteiger partial charge in [-0.3, -0.25) is 0 Å². The molecule has 4 fully saturated rings. The summed E-state index contributed by atoms with van der Waals surface area (Å²) in [5, 5.41) is 10.8. The molecule has 0 bridgehead atoms. The molecule has 0 aromatic heterocycles. The maximum Gasteiger partial charge on any atom is 0.0594 e. The van der Waals surface area contributed by atoms with Gasteiger partial charge in [0, 0.05) is 0 Å². The van der Waals surface area contributed by atoms with Gasteiger partial charge in [0.1, 0.15) is 0 Å². The van der Waals surface area contributed by atoms with Crippen molar-refractivity contribution < 1.29 is 5.11 Å². The summed E-state index contributed by atoms with van der Waals surface area (Å²) in [4.78, 5) is 0. The van der Waals surface area contributed by atoms with Crippen LogP contribution < -0.4 is 0 Å². The monoisotopic (exact) mass is 398 g/mol. The molecule has 0 saturated heterocycles. The average molecular weight is 399 g/mol. The first-order chi connectivity index (χ1) is 13.5. The van der Waals surface area contributed by atoms with E-state index >= 15 is 0 Å². The number of allylic oxidation sites excluding steroid dienone is 2. The van der Waals surface area contributed by atoms with Gasteiger partial charge >= 0.3 is 0 Å². The molecule has 1 N–H and O–H groups in total. The Bertz CT molecular complexity index is 733. The predicted molar refractivity (Wildman–Crippen MR) is 122 cm³/mol. The Morgan fingerprint density at radius 2 is 1.45 bits per heavy atom. The molecule has 164 valence electrons. The van der Waals surface area contributed by atoms with Crippen molar-refractivity contribution in [1.29, 1.82) is 0 Å². The molecule has 5 rings (SSSR count). The summed E-state index contributed by atoms with van der Waals surface area (Å²) in [7, 11) is 0. The molecule has 29 heavy (non-hydrogen) atoms. The molecule has 0 amide bonds. The Kier molecular flexibility index (Phi) is 4.36. The van der Waals surface area contributed by atoms with Gasteiger partial charge in [-0.15, -0.1) is 0 Å². The highest BCUT2D eigenvalue weighted by molar-refractivity contribution is 5.37. The third-order valence-corrected chi connectivity index (χ3v) is 12.3. The van der Waals surface area contributed by atoms with Crippen LogP contribution in [0.25, 0.3) is 0 Å². The van der Waals surface area contributed by atoms with Crippen LogP contribution in [0.5, 0.6) is 0 Å². The van der Waals surface area contributed by atoms with Crippen molar-refractivity contribution >= 4 is 0 Å². The largest absolute Gasteiger partial charge is 0.393 e. The van der Waals surface area contributed by atoms with Crippen LogP contribution in [0.1, 0.15) is 119 Å². The van der Waals surface area contributed by atoms with E-state index in [4.69, 9.17) is 0 Å². The van der Waals surface area contributed by atoms with Gasteiger partial charge in [0.15, 0.2) is 0 Å². The smallest absolute Gasteiger partial charge is 0.0594 e. The van der Waals surface area contributed by atoms with E-state index in [1.54, 1.807) is 0 Å². The summed E-state index contributed by atoms with van der Waals surface area (Å²) < 4.78 is 0. The zero-order valence-corrected chi connectivity index (χ0v) is 20.2. The fraction of sp³-hybridized carbons (Fsp3) is 0.929. The third kappa shape index (κ3) is 2.43. The molecule has 1 heteroatoms. The zero-order chi connectivity index (χ0) is 20.9. The van der Waals surface area contributed by atoms with Gasteiger partial charge in [-0.1, -0.05) is 59.1 Å². The van der Waals surface area contributed by atoms with E-state index in [1.807, 2.05) is 11.1 Å². The van der Waals surface area contributed by atoms with Gasteiger partial charge in [0.2, 0.25) is 0 Å². The van der Waals surface area contributed by atoms with Crippen LogP contribution in [0.15, 0.2) is 11.1 Å². The minimum absolute atomic E-state index is 0.0719. The molecule has 1 nitrogen and oxygen atoms in total. The number of rotatable bonds is 0. The van der Waals surface area contributed by atoms with Crippen molar-refractivity contribution in [1.82, 2.24) is 0 Å². The van der Waals surface area contributed by atoms with Crippen LogP contribution in [0.4, 0.5) is 0 Å². The normalized spacial score (nSPS) is 54.1. The van der Waals surface area contributed by atoms with E-state index in [2.05, 4.69) is 41.5 Å². The molecule has 0 aromatic rings. The Hall–Kier alpha value is -0.300. The van der Waals surface area contributed by atoms with Crippen LogP contribution in [0.3, 0.4) is 0 Å². The fourth-order valence-corrected chi connectivity index (χ4v) is 10.3. The van der Waals surface area contributed by atoms with Gasteiger partial charge in [-0.05, 0) is 110 Å². The first-order valence-corrected chi connectivity index (χ1v) is 12.9. The second kappa shape index (κ2) is 6.14. The summed E-state index contributed by atoms with van der Waals surface area (Å²) in [6, 6.07) is 0. The van der Waals surface area contributed by atoms with Crippen LogP contribution in [-0.4, -0.2) is 11.2 Å². The predicted octanol–water partition coefficient (Wildman–Crippen LogP) is 7.68. The second-order valence-electron chi connectivity index (χ2n) is 13.5. The van der Waals surface area contributed by atoms with Gasteiger partial charge in [0.25, 0.3) is 0 Å². The van der Waals surface area contributed by atoms with Crippen molar-refractivity contribution in [3.8, 4) is 0 Å². The fourth-order valence-electron chi connectivity index (χ4n) is 10.3. The minimum Gasteiger partial charge on any atom is -0.393 e. The summed E-state index contributed by atoms with van der Waals surface area (Å²) in [6.45, 7) is 15.4. The molecule has 5 aliphatic rings. The maximum absolute atomic E-state index is 10.8.